The van der Waals surface area contributed by atoms with Crippen molar-refractivity contribution in [3.05, 3.63) is 38.0 Å². The van der Waals surface area contributed by atoms with Gasteiger partial charge >= 0.3 is 0 Å². The van der Waals surface area contributed by atoms with Crippen LogP contribution < -0.4 is 10.6 Å². The van der Waals surface area contributed by atoms with Crippen LogP contribution in [0, 0.1) is 12.8 Å². The van der Waals surface area contributed by atoms with E-state index >= 15 is 0 Å². The van der Waals surface area contributed by atoms with E-state index in [0.29, 0.717) is 49.2 Å². The van der Waals surface area contributed by atoms with E-state index in [4.69, 9.17) is 46.4 Å². The topological polar surface area (TPSA) is 49.8 Å². The highest BCUT2D eigenvalue weighted by Gasteiger charge is 2.22. The summed E-state index contributed by atoms with van der Waals surface area (Å²) >= 11 is 24.7. The summed E-state index contributed by atoms with van der Waals surface area (Å²) < 4.78 is 0. The predicted octanol–water partition coefficient (Wildman–Crippen LogP) is 5.96. The van der Waals surface area contributed by atoms with Crippen molar-refractivity contribution < 1.29 is 0 Å². The Bertz CT molecular complexity index is 723. The van der Waals surface area contributed by atoms with E-state index in [1.54, 1.807) is 19.1 Å². The van der Waals surface area contributed by atoms with Gasteiger partial charge < -0.3 is 10.6 Å². The number of halogens is 4. The number of nitrogens with one attached hydrogen (secondary N) is 2. The molecule has 1 fully saturated rings. The van der Waals surface area contributed by atoms with E-state index in [9.17, 15) is 0 Å². The van der Waals surface area contributed by atoms with Gasteiger partial charge in [0.25, 0.3) is 0 Å². The number of benzene rings is 1. The second-order valence-corrected chi connectivity index (χ2v) is 7.10. The Balaban J connectivity index is 1.90. The molecule has 1 aromatic carbocycles. The Morgan fingerprint density at radius 1 is 1.04 bits per heavy atom. The van der Waals surface area contributed by atoms with Gasteiger partial charge in [0.15, 0.2) is 11.6 Å². The smallest absolute Gasteiger partial charge is 0.155 e. The highest BCUT2D eigenvalue weighted by molar-refractivity contribution is 6.42. The van der Waals surface area contributed by atoms with Gasteiger partial charge in [-0.15, -0.1) is 0 Å². The van der Waals surface area contributed by atoms with Crippen molar-refractivity contribution in [1.29, 1.82) is 0 Å². The summed E-state index contributed by atoms with van der Waals surface area (Å²) in [6.45, 7) is 2.66. The average molecular weight is 392 g/mol. The Morgan fingerprint density at radius 2 is 1.65 bits per heavy atom. The second kappa shape index (κ2) is 6.89. The second-order valence-electron chi connectivity index (χ2n) is 5.48. The van der Waals surface area contributed by atoms with Gasteiger partial charge in [0.05, 0.1) is 15.7 Å². The van der Waals surface area contributed by atoms with Crippen molar-refractivity contribution >= 4 is 63.7 Å². The molecule has 1 heterocycles. The zero-order valence-corrected chi connectivity index (χ0v) is 15.3. The third-order valence-electron chi connectivity index (χ3n) is 3.47. The molecule has 1 aliphatic rings. The third kappa shape index (κ3) is 4.13. The molecule has 3 rings (SSSR count). The van der Waals surface area contributed by atoms with Crippen LogP contribution in [0.2, 0.25) is 20.1 Å². The summed E-state index contributed by atoms with van der Waals surface area (Å²) in [6.07, 6.45) is 2.49. The molecule has 4 nitrogen and oxygen atoms in total. The average Bonchev–Trinajstić information content (AvgIpc) is 3.28. The first kappa shape index (κ1) is 16.9. The van der Waals surface area contributed by atoms with Crippen LogP contribution in [0.1, 0.15) is 18.7 Å². The van der Waals surface area contributed by atoms with Gasteiger partial charge in [-0.1, -0.05) is 46.4 Å². The number of aromatic nitrogens is 2. The molecule has 2 N–H and O–H groups in total. The molecular weight excluding hydrogens is 378 g/mol. The Labute approximate surface area is 154 Å². The number of anilines is 3. The summed E-state index contributed by atoms with van der Waals surface area (Å²) in [5, 5.41) is 7.99. The third-order valence-corrected chi connectivity index (χ3v) is 4.64. The standard InChI is InChI=1S/C15H14Cl4N4/c1-7-21-14(20-6-8-2-3-8)12(19)15(22-7)23-13-10(17)4-9(16)5-11(13)18/h4-5,8H,2-3,6H2,1H3,(H2,20,21,22,23). The van der Waals surface area contributed by atoms with E-state index in [0.717, 1.165) is 6.54 Å². The van der Waals surface area contributed by atoms with Gasteiger partial charge in [-0.25, -0.2) is 9.97 Å². The maximum Gasteiger partial charge on any atom is 0.155 e. The summed E-state index contributed by atoms with van der Waals surface area (Å²) in [7, 11) is 0. The van der Waals surface area contributed by atoms with Crippen molar-refractivity contribution in [2.75, 3.05) is 17.2 Å². The lowest BCUT2D eigenvalue weighted by atomic mass is 10.3. The SMILES string of the molecule is Cc1nc(NCC2CC2)c(Cl)c(Nc2c(Cl)cc(Cl)cc2Cl)n1. The van der Waals surface area contributed by atoms with Crippen molar-refractivity contribution in [1.82, 2.24) is 9.97 Å². The molecular formula is C15H14Cl4N4. The van der Waals surface area contributed by atoms with Crippen LogP contribution in [0.15, 0.2) is 12.1 Å². The lowest BCUT2D eigenvalue weighted by Gasteiger charge is -2.14. The normalized spacial score (nSPS) is 14.0. The molecule has 0 unspecified atom stereocenters. The lowest BCUT2D eigenvalue weighted by Crippen LogP contribution is -2.09. The fourth-order valence-electron chi connectivity index (χ4n) is 2.10. The van der Waals surface area contributed by atoms with Gasteiger partial charge in [0.1, 0.15) is 10.8 Å². The molecule has 2 aromatic rings. The van der Waals surface area contributed by atoms with Crippen molar-refractivity contribution in [2.45, 2.75) is 19.8 Å². The largest absolute Gasteiger partial charge is 0.368 e. The minimum atomic E-state index is 0.391. The first-order valence-corrected chi connectivity index (χ1v) is 8.65. The van der Waals surface area contributed by atoms with Gasteiger partial charge in [-0.05, 0) is 37.8 Å². The molecule has 8 heteroatoms. The van der Waals surface area contributed by atoms with Crippen LogP contribution in [0.3, 0.4) is 0 Å². The molecule has 1 saturated carbocycles. The van der Waals surface area contributed by atoms with Crippen LogP contribution >= 0.6 is 46.4 Å². The molecule has 0 radical (unpaired) electrons. The van der Waals surface area contributed by atoms with Gasteiger partial charge in [-0.3, -0.25) is 0 Å². The van der Waals surface area contributed by atoms with E-state index in [1.807, 2.05) is 0 Å². The zero-order chi connectivity index (χ0) is 16.6. The van der Waals surface area contributed by atoms with Crippen LogP contribution in [0.4, 0.5) is 17.3 Å². The van der Waals surface area contributed by atoms with Crippen molar-refractivity contribution in [3.8, 4) is 0 Å². The maximum absolute atomic E-state index is 6.41. The predicted molar refractivity (Wildman–Crippen MR) is 97.7 cm³/mol. The fourth-order valence-corrected chi connectivity index (χ4v) is 3.21. The molecule has 1 aromatic heterocycles. The Kier molecular flexibility index (Phi) is 5.07. The number of hydrogen-bond donors (Lipinski definition) is 2. The minimum Gasteiger partial charge on any atom is -0.368 e. The number of aryl methyl sites for hydroxylation is 1. The molecule has 0 aliphatic heterocycles. The quantitative estimate of drug-likeness (QED) is 0.659. The first-order valence-electron chi connectivity index (χ1n) is 7.13. The number of rotatable bonds is 5. The van der Waals surface area contributed by atoms with Crippen LogP contribution in [-0.4, -0.2) is 16.5 Å². The van der Waals surface area contributed by atoms with E-state index < -0.39 is 0 Å². The van der Waals surface area contributed by atoms with Gasteiger partial charge in [0, 0.05) is 11.6 Å². The van der Waals surface area contributed by atoms with Crippen LogP contribution in [-0.2, 0) is 0 Å². The molecule has 0 saturated heterocycles. The molecule has 0 amide bonds. The molecule has 1 aliphatic carbocycles. The van der Waals surface area contributed by atoms with Crippen LogP contribution in [0.5, 0.6) is 0 Å². The Morgan fingerprint density at radius 3 is 2.26 bits per heavy atom. The zero-order valence-electron chi connectivity index (χ0n) is 12.3. The van der Waals surface area contributed by atoms with Gasteiger partial charge in [-0.2, -0.15) is 0 Å². The maximum atomic E-state index is 6.41. The highest BCUT2D eigenvalue weighted by atomic mass is 35.5. The summed E-state index contributed by atoms with van der Waals surface area (Å²) in [5.74, 6) is 2.35. The highest BCUT2D eigenvalue weighted by Crippen LogP contribution is 2.38. The first-order chi connectivity index (χ1) is 10.9. The number of hydrogen-bond acceptors (Lipinski definition) is 4. The van der Waals surface area contributed by atoms with E-state index in [1.165, 1.54) is 12.8 Å². The molecule has 0 spiro atoms. The van der Waals surface area contributed by atoms with E-state index in [2.05, 4.69) is 20.6 Å². The minimum absolute atomic E-state index is 0.391. The molecule has 23 heavy (non-hydrogen) atoms. The van der Waals surface area contributed by atoms with Gasteiger partial charge in [0.2, 0.25) is 0 Å². The number of nitrogens with zero attached hydrogens (tertiary/aromatic N) is 2. The van der Waals surface area contributed by atoms with E-state index in [-0.39, 0.29) is 0 Å². The molecule has 0 bridgehead atoms. The summed E-state index contributed by atoms with van der Waals surface area (Å²) in [4.78, 5) is 8.68. The molecule has 0 atom stereocenters. The van der Waals surface area contributed by atoms with Crippen molar-refractivity contribution in [2.24, 2.45) is 5.92 Å². The summed E-state index contributed by atoms with van der Waals surface area (Å²) in [6, 6.07) is 3.21. The van der Waals surface area contributed by atoms with Crippen molar-refractivity contribution in [3.63, 3.8) is 0 Å². The fraction of sp³-hybridized carbons (Fsp3) is 0.333. The molecule has 122 valence electrons. The lowest BCUT2D eigenvalue weighted by molar-refractivity contribution is 0.878. The summed E-state index contributed by atoms with van der Waals surface area (Å²) in [5.41, 5.74) is 0.505. The Hall–Kier alpha value is -0.940. The van der Waals surface area contributed by atoms with Crippen LogP contribution in [0.25, 0.3) is 0 Å². The monoisotopic (exact) mass is 390 g/mol.